The number of nitriles is 1. The van der Waals surface area contributed by atoms with Crippen LogP contribution in [0.4, 0.5) is 5.69 Å². The van der Waals surface area contributed by atoms with Crippen molar-refractivity contribution >= 4 is 40.0 Å². The maximum Gasteiger partial charge on any atom is 0.270 e. The average Bonchev–Trinajstić information content (AvgIpc) is 3.18. The second-order valence-corrected chi connectivity index (χ2v) is 7.60. The maximum atomic E-state index is 12.8. The number of halogens is 1. The van der Waals surface area contributed by atoms with Crippen LogP contribution in [0.25, 0.3) is 10.9 Å². The van der Waals surface area contributed by atoms with Gasteiger partial charge in [-0.1, -0.05) is 29.8 Å². The predicted molar refractivity (Wildman–Crippen MR) is 115 cm³/mol. The molecule has 1 aliphatic heterocycles. The number of fused-ring (bicyclic) bond motifs is 1. The standard InChI is InChI=1S/C22H20ClN5O2/c23-18-12-17(6-5-16(18)13-24)25-21(29)14-27-7-9-28(10-8-27)22(30)20-11-15-3-1-2-4-19(15)26-20/h1-6,11-12,26H,7-10,14H2,(H,25,29). The van der Waals surface area contributed by atoms with E-state index in [-0.39, 0.29) is 18.4 Å². The third-order valence-electron chi connectivity index (χ3n) is 5.16. The Morgan fingerprint density at radius 2 is 1.87 bits per heavy atom. The van der Waals surface area contributed by atoms with Crippen LogP contribution in [0.3, 0.4) is 0 Å². The zero-order chi connectivity index (χ0) is 21.1. The largest absolute Gasteiger partial charge is 0.351 e. The van der Waals surface area contributed by atoms with E-state index < -0.39 is 0 Å². The average molecular weight is 422 g/mol. The molecule has 1 aliphatic rings. The number of carbonyl (C=O) groups excluding carboxylic acids is 2. The van der Waals surface area contributed by atoms with Gasteiger partial charge in [0.25, 0.3) is 5.91 Å². The lowest BCUT2D eigenvalue weighted by Gasteiger charge is -2.34. The second kappa shape index (κ2) is 8.57. The number of amides is 2. The van der Waals surface area contributed by atoms with Crippen LogP contribution in [0.2, 0.25) is 5.02 Å². The third-order valence-corrected chi connectivity index (χ3v) is 5.47. The molecule has 0 radical (unpaired) electrons. The van der Waals surface area contributed by atoms with E-state index >= 15 is 0 Å². The van der Waals surface area contributed by atoms with Crippen molar-refractivity contribution in [2.75, 3.05) is 38.0 Å². The lowest BCUT2D eigenvalue weighted by Crippen LogP contribution is -2.50. The summed E-state index contributed by atoms with van der Waals surface area (Å²) in [6.07, 6.45) is 0. The number of nitrogens with zero attached hydrogens (tertiary/aromatic N) is 3. The number of anilines is 1. The summed E-state index contributed by atoms with van der Waals surface area (Å²) in [5, 5.41) is 13.0. The highest BCUT2D eigenvalue weighted by Crippen LogP contribution is 2.20. The maximum absolute atomic E-state index is 12.8. The number of benzene rings is 2. The molecular formula is C22H20ClN5O2. The Labute approximate surface area is 178 Å². The zero-order valence-electron chi connectivity index (χ0n) is 16.2. The molecule has 2 aromatic carbocycles. The number of aromatic amines is 1. The molecule has 1 saturated heterocycles. The monoisotopic (exact) mass is 421 g/mol. The number of nitrogens with one attached hydrogen (secondary N) is 2. The Hall–Kier alpha value is -3.34. The van der Waals surface area contributed by atoms with Gasteiger partial charge in [0.2, 0.25) is 5.91 Å². The number of hydrogen-bond acceptors (Lipinski definition) is 4. The smallest absolute Gasteiger partial charge is 0.270 e. The number of piperazine rings is 1. The highest BCUT2D eigenvalue weighted by atomic mass is 35.5. The molecule has 1 fully saturated rings. The summed E-state index contributed by atoms with van der Waals surface area (Å²) in [5.74, 6) is -0.186. The molecule has 7 nitrogen and oxygen atoms in total. The van der Waals surface area contributed by atoms with E-state index in [1.807, 2.05) is 41.3 Å². The van der Waals surface area contributed by atoms with Gasteiger partial charge in [-0.2, -0.15) is 5.26 Å². The molecule has 0 unspecified atom stereocenters. The van der Waals surface area contributed by atoms with E-state index in [0.29, 0.717) is 48.1 Å². The Morgan fingerprint density at radius 3 is 2.57 bits per heavy atom. The Bertz CT molecular complexity index is 1110. The van der Waals surface area contributed by atoms with Crippen molar-refractivity contribution in [2.24, 2.45) is 0 Å². The number of para-hydroxylation sites is 1. The second-order valence-electron chi connectivity index (χ2n) is 7.19. The van der Waals surface area contributed by atoms with Crippen LogP contribution >= 0.6 is 11.6 Å². The molecule has 3 aromatic rings. The SMILES string of the molecule is N#Cc1ccc(NC(=O)CN2CCN(C(=O)c3cc4ccccc4[nH]3)CC2)cc1Cl. The summed E-state index contributed by atoms with van der Waals surface area (Å²) in [6, 6.07) is 16.5. The first-order chi connectivity index (χ1) is 14.5. The fourth-order valence-electron chi connectivity index (χ4n) is 3.56. The van der Waals surface area contributed by atoms with Crippen molar-refractivity contribution < 1.29 is 9.59 Å². The van der Waals surface area contributed by atoms with E-state index in [9.17, 15) is 9.59 Å². The van der Waals surface area contributed by atoms with E-state index in [2.05, 4.69) is 10.3 Å². The van der Waals surface area contributed by atoms with Crippen LogP contribution in [0.15, 0.2) is 48.5 Å². The summed E-state index contributed by atoms with van der Waals surface area (Å²) in [7, 11) is 0. The quantitative estimate of drug-likeness (QED) is 0.677. The molecule has 0 spiro atoms. The van der Waals surface area contributed by atoms with Gasteiger partial charge in [0, 0.05) is 42.8 Å². The van der Waals surface area contributed by atoms with Crippen molar-refractivity contribution in [2.45, 2.75) is 0 Å². The Balaban J connectivity index is 1.30. The molecule has 152 valence electrons. The first-order valence-corrected chi connectivity index (χ1v) is 10.00. The van der Waals surface area contributed by atoms with Gasteiger partial charge in [0.1, 0.15) is 11.8 Å². The lowest BCUT2D eigenvalue weighted by atomic mass is 10.2. The Kier molecular flexibility index (Phi) is 5.70. The number of carbonyl (C=O) groups is 2. The minimum atomic E-state index is -0.161. The minimum absolute atomic E-state index is 0.0254. The first-order valence-electron chi connectivity index (χ1n) is 9.62. The van der Waals surface area contributed by atoms with E-state index in [1.54, 1.807) is 23.1 Å². The van der Waals surface area contributed by atoms with Crippen LogP contribution < -0.4 is 5.32 Å². The molecular weight excluding hydrogens is 402 g/mol. The van der Waals surface area contributed by atoms with Crippen molar-refractivity contribution in [3.63, 3.8) is 0 Å². The summed E-state index contributed by atoms with van der Waals surface area (Å²) < 4.78 is 0. The molecule has 2 amide bonds. The van der Waals surface area contributed by atoms with Gasteiger partial charge in [-0.05, 0) is 30.3 Å². The van der Waals surface area contributed by atoms with Crippen molar-refractivity contribution in [3.8, 4) is 6.07 Å². The molecule has 4 rings (SSSR count). The lowest BCUT2D eigenvalue weighted by molar-refractivity contribution is -0.117. The molecule has 0 bridgehead atoms. The van der Waals surface area contributed by atoms with Gasteiger partial charge >= 0.3 is 0 Å². The summed E-state index contributed by atoms with van der Waals surface area (Å²) in [4.78, 5) is 32.1. The van der Waals surface area contributed by atoms with Crippen molar-refractivity contribution in [1.82, 2.24) is 14.8 Å². The van der Waals surface area contributed by atoms with Gasteiger partial charge < -0.3 is 15.2 Å². The number of hydrogen-bond donors (Lipinski definition) is 2. The fraction of sp³-hybridized carbons (Fsp3) is 0.227. The molecule has 2 N–H and O–H groups in total. The van der Waals surface area contributed by atoms with E-state index in [4.69, 9.17) is 16.9 Å². The van der Waals surface area contributed by atoms with Crippen LogP contribution in [0, 0.1) is 11.3 Å². The molecule has 30 heavy (non-hydrogen) atoms. The third kappa shape index (κ3) is 4.30. The molecule has 0 aliphatic carbocycles. The molecule has 2 heterocycles. The predicted octanol–water partition coefficient (Wildman–Crippen LogP) is 3.09. The van der Waals surface area contributed by atoms with Crippen LogP contribution in [0.5, 0.6) is 0 Å². The highest BCUT2D eigenvalue weighted by Gasteiger charge is 2.24. The zero-order valence-corrected chi connectivity index (χ0v) is 16.9. The summed E-state index contributed by atoms with van der Waals surface area (Å²) >= 11 is 6.00. The van der Waals surface area contributed by atoms with E-state index in [1.165, 1.54) is 0 Å². The molecule has 1 aromatic heterocycles. The summed E-state index contributed by atoms with van der Waals surface area (Å²) in [5.41, 5.74) is 2.45. The van der Waals surface area contributed by atoms with Gasteiger partial charge in [0.15, 0.2) is 0 Å². The van der Waals surface area contributed by atoms with Crippen LogP contribution in [0.1, 0.15) is 16.1 Å². The molecule has 0 atom stereocenters. The van der Waals surface area contributed by atoms with Crippen molar-refractivity contribution in [3.05, 3.63) is 64.8 Å². The first kappa shape index (κ1) is 20.0. The topological polar surface area (TPSA) is 92.2 Å². The van der Waals surface area contributed by atoms with E-state index in [0.717, 1.165) is 10.9 Å². The van der Waals surface area contributed by atoms with Crippen LogP contribution in [-0.4, -0.2) is 59.3 Å². The van der Waals surface area contributed by atoms with Gasteiger partial charge in [0.05, 0.1) is 17.1 Å². The Morgan fingerprint density at radius 1 is 1.10 bits per heavy atom. The van der Waals surface area contributed by atoms with Crippen molar-refractivity contribution in [1.29, 1.82) is 5.26 Å². The number of H-pyrrole nitrogens is 1. The van der Waals surface area contributed by atoms with Crippen LogP contribution in [-0.2, 0) is 4.79 Å². The summed E-state index contributed by atoms with van der Waals surface area (Å²) in [6.45, 7) is 2.58. The van der Waals surface area contributed by atoms with Gasteiger partial charge in [-0.3, -0.25) is 14.5 Å². The normalized spacial score (nSPS) is 14.5. The number of aromatic nitrogens is 1. The molecule has 0 saturated carbocycles. The highest BCUT2D eigenvalue weighted by molar-refractivity contribution is 6.32. The fourth-order valence-corrected chi connectivity index (χ4v) is 3.78. The minimum Gasteiger partial charge on any atom is -0.351 e. The number of rotatable bonds is 4. The van der Waals surface area contributed by atoms with Gasteiger partial charge in [-0.15, -0.1) is 0 Å². The van der Waals surface area contributed by atoms with Gasteiger partial charge in [-0.25, -0.2) is 0 Å². The molecule has 8 heteroatoms.